The first kappa shape index (κ1) is 18.3. The summed E-state index contributed by atoms with van der Waals surface area (Å²) in [5.41, 5.74) is 1.38. The minimum atomic E-state index is -0.604. The molecule has 0 unspecified atom stereocenters. The van der Waals surface area contributed by atoms with Crippen LogP contribution in [0, 0.1) is 5.92 Å². The summed E-state index contributed by atoms with van der Waals surface area (Å²) in [4.78, 5) is 33.3. The van der Waals surface area contributed by atoms with Crippen LogP contribution in [-0.4, -0.2) is 75.6 Å². The van der Waals surface area contributed by atoms with Crippen molar-refractivity contribution in [1.82, 2.24) is 30.3 Å². The second-order valence-electron chi connectivity index (χ2n) is 7.75. The summed E-state index contributed by atoms with van der Waals surface area (Å²) < 4.78 is 0. The molecule has 2 aromatic heterocycles. The van der Waals surface area contributed by atoms with Crippen LogP contribution in [0.15, 0.2) is 18.5 Å². The molecule has 1 saturated heterocycles. The summed E-state index contributed by atoms with van der Waals surface area (Å²) in [6, 6.07) is 1.71. The van der Waals surface area contributed by atoms with Crippen LogP contribution in [0.2, 0.25) is 0 Å². The van der Waals surface area contributed by atoms with Gasteiger partial charge in [0.1, 0.15) is 5.52 Å². The van der Waals surface area contributed by atoms with Crippen LogP contribution in [-0.2, 0) is 4.79 Å². The Bertz CT molecular complexity index is 828. The Morgan fingerprint density at radius 1 is 1.31 bits per heavy atom. The van der Waals surface area contributed by atoms with Gasteiger partial charge in [-0.2, -0.15) is 5.10 Å². The molecule has 0 aliphatic carbocycles. The average molecular weight is 358 g/mol. The Morgan fingerprint density at radius 3 is 2.73 bits per heavy atom. The predicted molar refractivity (Wildman–Crippen MR) is 98.7 cm³/mol. The van der Waals surface area contributed by atoms with Crippen molar-refractivity contribution in [3.8, 4) is 0 Å². The molecule has 2 atom stereocenters. The summed E-state index contributed by atoms with van der Waals surface area (Å²) in [7, 11) is 3.76. The van der Waals surface area contributed by atoms with E-state index in [4.69, 9.17) is 0 Å². The van der Waals surface area contributed by atoms with Gasteiger partial charge in [-0.3, -0.25) is 24.6 Å². The van der Waals surface area contributed by atoms with Crippen LogP contribution in [0.1, 0.15) is 31.1 Å². The minimum absolute atomic E-state index is 0.0332. The van der Waals surface area contributed by atoms with E-state index in [1.807, 2.05) is 32.8 Å². The van der Waals surface area contributed by atoms with Crippen LogP contribution in [0.4, 0.5) is 0 Å². The molecule has 0 spiro atoms. The third-order valence-corrected chi connectivity index (χ3v) is 5.43. The Morgan fingerprint density at radius 2 is 2.04 bits per heavy atom. The highest BCUT2D eigenvalue weighted by Crippen LogP contribution is 2.21. The quantitative estimate of drug-likeness (QED) is 0.846. The molecule has 1 aliphatic heterocycles. The number of carbonyl (C=O) groups is 2. The Hall–Kier alpha value is -2.48. The number of pyridine rings is 1. The molecule has 1 aliphatic rings. The molecule has 1 fully saturated rings. The zero-order chi connectivity index (χ0) is 19.1. The number of nitrogens with one attached hydrogen (secondary N) is 2. The van der Waals surface area contributed by atoms with Crippen molar-refractivity contribution in [3.05, 3.63) is 24.0 Å². The van der Waals surface area contributed by atoms with E-state index < -0.39 is 5.54 Å². The van der Waals surface area contributed by atoms with E-state index in [1.165, 1.54) is 0 Å². The highest BCUT2D eigenvalue weighted by atomic mass is 16.2. The number of likely N-dealkylation sites (N-methyl/N-ethyl adjacent to an activating group) is 1. The van der Waals surface area contributed by atoms with E-state index in [9.17, 15) is 9.59 Å². The molecule has 0 aromatic carbocycles. The summed E-state index contributed by atoms with van der Waals surface area (Å²) >= 11 is 0. The molecule has 0 radical (unpaired) electrons. The fourth-order valence-electron chi connectivity index (χ4n) is 3.00. The fraction of sp³-hybridized carbons (Fsp3) is 0.556. The van der Waals surface area contributed by atoms with Crippen molar-refractivity contribution in [2.75, 3.05) is 27.2 Å². The molecular formula is C18H26N6O2. The van der Waals surface area contributed by atoms with Gasteiger partial charge in [-0.05, 0) is 39.9 Å². The van der Waals surface area contributed by atoms with Crippen molar-refractivity contribution in [3.63, 3.8) is 0 Å². The van der Waals surface area contributed by atoms with E-state index in [2.05, 4.69) is 27.4 Å². The number of aromatic amines is 1. The molecule has 3 heterocycles. The highest BCUT2D eigenvalue weighted by Gasteiger charge is 2.37. The number of H-pyrrole nitrogens is 1. The number of hydrogen-bond acceptors (Lipinski definition) is 5. The van der Waals surface area contributed by atoms with E-state index in [0.717, 1.165) is 11.0 Å². The largest absolute Gasteiger partial charge is 0.350 e. The predicted octanol–water partition coefficient (Wildman–Crippen LogP) is 0.875. The summed E-state index contributed by atoms with van der Waals surface area (Å²) in [5.74, 6) is 0.0726. The lowest BCUT2D eigenvalue weighted by Gasteiger charge is -2.32. The number of fused-ring (bicyclic) bond motifs is 1. The Balaban J connectivity index is 1.69. The average Bonchev–Trinajstić information content (AvgIpc) is 3.20. The Kier molecular flexibility index (Phi) is 4.70. The number of likely N-dealkylation sites (tertiary alicyclic amines) is 1. The van der Waals surface area contributed by atoms with E-state index in [0.29, 0.717) is 18.7 Å². The van der Waals surface area contributed by atoms with Gasteiger partial charge in [-0.15, -0.1) is 0 Å². The third kappa shape index (κ3) is 3.29. The maximum Gasteiger partial charge on any atom is 0.255 e. The molecule has 8 nitrogen and oxygen atoms in total. The lowest BCUT2D eigenvalue weighted by molar-refractivity contribution is -0.131. The van der Waals surface area contributed by atoms with Crippen LogP contribution in [0.5, 0.6) is 0 Å². The van der Waals surface area contributed by atoms with Gasteiger partial charge in [-0.1, -0.05) is 6.92 Å². The Labute approximate surface area is 152 Å². The van der Waals surface area contributed by atoms with Crippen molar-refractivity contribution in [1.29, 1.82) is 0 Å². The molecule has 26 heavy (non-hydrogen) atoms. The minimum Gasteiger partial charge on any atom is -0.350 e. The van der Waals surface area contributed by atoms with Gasteiger partial charge in [0.05, 0.1) is 28.9 Å². The maximum atomic E-state index is 12.8. The van der Waals surface area contributed by atoms with Gasteiger partial charge in [0.15, 0.2) is 0 Å². The van der Waals surface area contributed by atoms with Gasteiger partial charge >= 0.3 is 0 Å². The van der Waals surface area contributed by atoms with E-state index in [1.54, 1.807) is 23.4 Å². The molecule has 2 amide bonds. The van der Waals surface area contributed by atoms with Crippen LogP contribution < -0.4 is 5.32 Å². The molecule has 0 saturated carbocycles. The number of carbonyl (C=O) groups excluding carboxylic acids is 2. The van der Waals surface area contributed by atoms with Crippen molar-refractivity contribution >= 4 is 22.8 Å². The summed E-state index contributed by atoms with van der Waals surface area (Å²) in [6.45, 7) is 6.92. The van der Waals surface area contributed by atoms with Gasteiger partial charge < -0.3 is 10.2 Å². The number of nitrogens with zero attached hydrogens (tertiary/aromatic N) is 4. The summed E-state index contributed by atoms with van der Waals surface area (Å²) in [5, 5.41) is 9.87. The first-order valence-electron chi connectivity index (χ1n) is 8.77. The molecule has 8 heteroatoms. The van der Waals surface area contributed by atoms with Crippen molar-refractivity contribution in [2.24, 2.45) is 5.92 Å². The van der Waals surface area contributed by atoms with E-state index in [-0.39, 0.29) is 23.8 Å². The first-order chi connectivity index (χ1) is 12.2. The number of amides is 2. The second kappa shape index (κ2) is 6.68. The van der Waals surface area contributed by atoms with Gasteiger partial charge in [0, 0.05) is 19.3 Å². The number of rotatable bonds is 4. The van der Waals surface area contributed by atoms with Gasteiger partial charge in [-0.25, -0.2) is 0 Å². The standard InChI is InChI=1S/C18H26N6O2/c1-11-9-24(10-15(11)21-17(26)18(2,3)23(4)5)16(25)12-6-13-14(19-7-12)8-20-22-13/h6-8,11,15H,9-10H2,1-5H3,(H,20,22)(H,21,26)/t11-,15+/m1/s1. The first-order valence-corrected chi connectivity index (χ1v) is 8.77. The molecule has 3 rings (SSSR count). The maximum absolute atomic E-state index is 12.8. The van der Waals surface area contributed by atoms with Crippen LogP contribution in [0.3, 0.4) is 0 Å². The molecule has 0 bridgehead atoms. The van der Waals surface area contributed by atoms with Crippen LogP contribution in [0.25, 0.3) is 11.0 Å². The topological polar surface area (TPSA) is 94.2 Å². The zero-order valence-electron chi connectivity index (χ0n) is 15.9. The number of aromatic nitrogens is 3. The molecule has 140 valence electrons. The van der Waals surface area contributed by atoms with Crippen molar-refractivity contribution < 1.29 is 9.59 Å². The number of hydrogen-bond donors (Lipinski definition) is 2. The van der Waals surface area contributed by atoms with E-state index >= 15 is 0 Å². The van der Waals surface area contributed by atoms with Crippen LogP contribution >= 0.6 is 0 Å². The molecule has 2 aromatic rings. The second-order valence-corrected chi connectivity index (χ2v) is 7.75. The fourth-order valence-corrected chi connectivity index (χ4v) is 3.00. The summed E-state index contributed by atoms with van der Waals surface area (Å²) in [6.07, 6.45) is 3.20. The third-order valence-electron chi connectivity index (χ3n) is 5.43. The van der Waals surface area contributed by atoms with Gasteiger partial charge in [0.2, 0.25) is 5.91 Å². The van der Waals surface area contributed by atoms with Gasteiger partial charge in [0.25, 0.3) is 5.91 Å². The molecule has 2 N–H and O–H groups in total. The lowest BCUT2D eigenvalue weighted by atomic mass is 10.0. The SMILES string of the molecule is C[C@@H]1CN(C(=O)c2cnc3cn[nH]c3c2)C[C@@H]1NC(=O)C(C)(C)N(C)C. The normalized spacial score (nSPS) is 20.8. The smallest absolute Gasteiger partial charge is 0.255 e. The highest BCUT2D eigenvalue weighted by molar-refractivity contribution is 5.96. The molecular weight excluding hydrogens is 332 g/mol. The zero-order valence-corrected chi connectivity index (χ0v) is 15.9. The van der Waals surface area contributed by atoms with Crippen molar-refractivity contribution in [2.45, 2.75) is 32.4 Å². The lowest BCUT2D eigenvalue weighted by Crippen LogP contribution is -2.55. The monoisotopic (exact) mass is 358 g/mol.